The van der Waals surface area contributed by atoms with Crippen molar-refractivity contribution in [3.63, 3.8) is 0 Å². The molecule has 3 N–H and O–H groups in total. The molecule has 0 unspecified atom stereocenters. The summed E-state index contributed by atoms with van der Waals surface area (Å²) in [5.41, 5.74) is 2.57. The number of nitrogens with zero attached hydrogens (tertiary/aromatic N) is 2. The molecule has 0 radical (unpaired) electrons. The first-order chi connectivity index (χ1) is 12.1. The van der Waals surface area contributed by atoms with Crippen molar-refractivity contribution in [2.75, 3.05) is 11.9 Å². The third-order valence-corrected chi connectivity index (χ3v) is 4.64. The normalized spacial score (nSPS) is 20.1. The summed E-state index contributed by atoms with van der Waals surface area (Å²) in [5, 5.41) is 15.0. The molecule has 6 heteroatoms. The Kier molecular flexibility index (Phi) is 5.60. The molecular formula is C19H24N4O2. The van der Waals surface area contributed by atoms with Crippen molar-refractivity contribution in [1.29, 1.82) is 0 Å². The number of aliphatic hydroxyl groups is 1. The fourth-order valence-electron chi connectivity index (χ4n) is 3.13. The summed E-state index contributed by atoms with van der Waals surface area (Å²) in [4.78, 5) is 20.8. The van der Waals surface area contributed by atoms with E-state index in [1.165, 1.54) is 0 Å². The van der Waals surface area contributed by atoms with E-state index in [9.17, 15) is 4.79 Å². The predicted molar refractivity (Wildman–Crippen MR) is 97.2 cm³/mol. The number of carbonyl (C=O) groups is 1. The number of aromatic nitrogens is 2. The van der Waals surface area contributed by atoms with Gasteiger partial charge >= 0.3 is 6.03 Å². The van der Waals surface area contributed by atoms with Crippen LogP contribution in [0.25, 0.3) is 11.4 Å². The molecule has 1 saturated carbocycles. The van der Waals surface area contributed by atoms with Gasteiger partial charge in [0.25, 0.3) is 0 Å². The minimum atomic E-state index is -0.188. The zero-order valence-corrected chi connectivity index (χ0v) is 14.4. The van der Waals surface area contributed by atoms with E-state index in [0.717, 1.165) is 42.6 Å². The van der Waals surface area contributed by atoms with Crippen LogP contribution in [0.15, 0.2) is 36.5 Å². The van der Waals surface area contributed by atoms with E-state index in [4.69, 9.17) is 5.11 Å². The maximum absolute atomic E-state index is 12.1. The minimum Gasteiger partial charge on any atom is -0.396 e. The second kappa shape index (κ2) is 8.07. The van der Waals surface area contributed by atoms with Crippen molar-refractivity contribution in [1.82, 2.24) is 15.3 Å². The maximum atomic E-state index is 12.1. The van der Waals surface area contributed by atoms with Gasteiger partial charge in [-0.25, -0.2) is 14.8 Å². The van der Waals surface area contributed by atoms with E-state index in [1.54, 1.807) is 6.20 Å². The summed E-state index contributed by atoms with van der Waals surface area (Å²) in [6, 6.07) is 9.35. The van der Waals surface area contributed by atoms with Gasteiger partial charge in [-0.2, -0.15) is 0 Å². The number of nitrogens with one attached hydrogen (secondary N) is 2. The summed E-state index contributed by atoms with van der Waals surface area (Å²) >= 11 is 0. The molecule has 3 rings (SSSR count). The predicted octanol–water partition coefficient (Wildman–Crippen LogP) is 3.12. The average Bonchev–Trinajstić information content (AvgIpc) is 2.63. The molecule has 2 aromatic rings. The molecule has 132 valence electrons. The first kappa shape index (κ1) is 17.4. The molecule has 25 heavy (non-hydrogen) atoms. The highest BCUT2D eigenvalue weighted by Gasteiger charge is 2.21. The van der Waals surface area contributed by atoms with E-state index in [0.29, 0.717) is 11.7 Å². The van der Waals surface area contributed by atoms with Crippen LogP contribution in [0.2, 0.25) is 0 Å². The monoisotopic (exact) mass is 340 g/mol. The van der Waals surface area contributed by atoms with Gasteiger partial charge in [-0.05, 0) is 68.9 Å². The van der Waals surface area contributed by atoms with E-state index < -0.39 is 0 Å². The summed E-state index contributed by atoms with van der Waals surface area (Å²) in [6.07, 6.45) is 5.51. The number of anilines is 1. The van der Waals surface area contributed by atoms with Crippen molar-refractivity contribution in [2.45, 2.75) is 38.6 Å². The molecule has 6 nitrogen and oxygen atoms in total. The number of aryl methyl sites for hydroxylation is 1. The number of benzene rings is 1. The number of hydrogen-bond donors (Lipinski definition) is 3. The lowest BCUT2D eigenvalue weighted by Crippen LogP contribution is -2.40. The van der Waals surface area contributed by atoms with Gasteiger partial charge in [0.2, 0.25) is 0 Å². The maximum Gasteiger partial charge on any atom is 0.319 e. The SMILES string of the molecule is Cc1ccnc(-c2ccc(NC(=O)NC3CCC(CO)CC3)cc2)n1. The molecular weight excluding hydrogens is 316 g/mol. The minimum absolute atomic E-state index is 0.183. The Morgan fingerprint density at radius 1 is 1.16 bits per heavy atom. The molecule has 0 spiro atoms. The van der Waals surface area contributed by atoms with Crippen LogP contribution in [-0.2, 0) is 0 Å². The lowest BCUT2D eigenvalue weighted by Gasteiger charge is -2.27. The Labute approximate surface area is 147 Å². The van der Waals surface area contributed by atoms with Gasteiger partial charge in [0, 0.05) is 35.8 Å². The third kappa shape index (κ3) is 4.76. The Morgan fingerprint density at radius 3 is 2.52 bits per heavy atom. The van der Waals surface area contributed by atoms with E-state index in [-0.39, 0.29) is 18.7 Å². The van der Waals surface area contributed by atoms with Crippen LogP contribution >= 0.6 is 0 Å². The third-order valence-electron chi connectivity index (χ3n) is 4.64. The van der Waals surface area contributed by atoms with E-state index in [1.807, 2.05) is 37.3 Å². The van der Waals surface area contributed by atoms with E-state index in [2.05, 4.69) is 20.6 Å². The highest BCUT2D eigenvalue weighted by atomic mass is 16.3. The molecule has 1 aromatic carbocycles. The lowest BCUT2D eigenvalue weighted by molar-refractivity contribution is 0.176. The van der Waals surface area contributed by atoms with Crippen LogP contribution < -0.4 is 10.6 Å². The van der Waals surface area contributed by atoms with Gasteiger partial charge in [-0.15, -0.1) is 0 Å². The molecule has 0 bridgehead atoms. The molecule has 2 amide bonds. The number of urea groups is 1. The van der Waals surface area contributed by atoms with Crippen molar-refractivity contribution in [2.24, 2.45) is 5.92 Å². The lowest BCUT2D eigenvalue weighted by atomic mass is 9.87. The molecule has 0 atom stereocenters. The summed E-state index contributed by atoms with van der Waals surface area (Å²) < 4.78 is 0. The topological polar surface area (TPSA) is 87.1 Å². The molecule has 0 saturated heterocycles. The quantitative estimate of drug-likeness (QED) is 0.798. The fraction of sp³-hybridized carbons (Fsp3) is 0.421. The highest BCUT2D eigenvalue weighted by molar-refractivity contribution is 5.89. The van der Waals surface area contributed by atoms with Gasteiger partial charge in [-0.1, -0.05) is 0 Å². The number of carbonyl (C=O) groups excluding carboxylic acids is 1. The molecule has 1 aliphatic carbocycles. The fourth-order valence-corrected chi connectivity index (χ4v) is 3.13. The first-order valence-electron chi connectivity index (χ1n) is 8.72. The van der Waals surface area contributed by atoms with Crippen LogP contribution in [-0.4, -0.2) is 33.8 Å². The molecule has 1 heterocycles. The Balaban J connectivity index is 1.54. The van der Waals surface area contributed by atoms with Crippen LogP contribution in [0, 0.1) is 12.8 Å². The van der Waals surface area contributed by atoms with Crippen LogP contribution in [0.4, 0.5) is 10.5 Å². The molecule has 1 aromatic heterocycles. The van der Waals surface area contributed by atoms with Gasteiger partial charge in [0.15, 0.2) is 5.82 Å². The van der Waals surface area contributed by atoms with Gasteiger partial charge in [0.05, 0.1) is 0 Å². The number of amides is 2. The number of hydrogen-bond acceptors (Lipinski definition) is 4. The Hall–Kier alpha value is -2.47. The second-order valence-electron chi connectivity index (χ2n) is 6.60. The summed E-state index contributed by atoms with van der Waals surface area (Å²) in [5.74, 6) is 1.06. The molecule has 1 aliphatic rings. The molecule has 0 aliphatic heterocycles. The van der Waals surface area contributed by atoms with E-state index >= 15 is 0 Å². The zero-order chi connectivity index (χ0) is 17.6. The molecule has 1 fully saturated rings. The zero-order valence-electron chi connectivity index (χ0n) is 14.4. The van der Waals surface area contributed by atoms with Crippen molar-refractivity contribution in [3.05, 3.63) is 42.2 Å². The van der Waals surface area contributed by atoms with Crippen LogP contribution in [0.1, 0.15) is 31.4 Å². The Bertz CT molecular complexity index is 710. The van der Waals surface area contributed by atoms with Crippen molar-refractivity contribution >= 4 is 11.7 Å². The number of rotatable bonds is 4. The van der Waals surface area contributed by atoms with Gasteiger partial charge in [0.1, 0.15) is 0 Å². The average molecular weight is 340 g/mol. The highest BCUT2D eigenvalue weighted by Crippen LogP contribution is 2.24. The summed E-state index contributed by atoms with van der Waals surface area (Å²) in [7, 11) is 0. The van der Waals surface area contributed by atoms with Crippen molar-refractivity contribution in [3.8, 4) is 11.4 Å². The standard InChI is InChI=1S/C19H24N4O2/c1-13-10-11-20-18(21-13)15-4-8-17(9-5-15)23-19(25)22-16-6-2-14(12-24)3-7-16/h4-5,8-11,14,16,24H,2-3,6-7,12H2,1H3,(H2,22,23,25). The number of aliphatic hydroxyl groups excluding tert-OH is 1. The smallest absolute Gasteiger partial charge is 0.319 e. The Morgan fingerprint density at radius 2 is 1.88 bits per heavy atom. The van der Waals surface area contributed by atoms with Gasteiger partial charge in [-0.3, -0.25) is 0 Å². The van der Waals surface area contributed by atoms with Gasteiger partial charge < -0.3 is 15.7 Å². The van der Waals surface area contributed by atoms with Crippen LogP contribution in [0.5, 0.6) is 0 Å². The van der Waals surface area contributed by atoms with Crippen molar-refractivity contribution < 1.29 is 9.90 Å². The second-order valence-corrected chi connectivity index (χ2v) is 6.60. The van der Waals surface area contributed by atoms with Crippen LogP contribution in [0.3, 0.4) is 0 Å². The summed E-state index contributed by atoms with van der Waals surface area (Å²) in [6.45, 7) is 2.18. The largest absolute Gasteiger partial charge is 0.396 e. The first-order valence-corrected chi connectivity index (χ1v) is 8.72.